The van der Waals surface area contributed by atoms with Crippen LogP contribution in [0.5, 0.6) is 5.75 Å². The Kier molecular flexibility index (Phi) is 6.11. The van der Waals surface area contributed by atoms with Gasteiger partial charge in [-0.25, -0.2) is 14.8 Å². The van der Waals surface area contributed by atoms with Crippen LogP contribution in [0.25, 0.3) is 0 Å². The number of nitrogens with zero attached hydrogens (tertiary/aromatic N) is 2. The van der Waals surface area contributed by atoms with E-state index in [4.69, 9.17) is 9.84 Å². The van der Waals surface area contributed by atoms with Gasteiger partial charge in [0.05, 0.1) is 12.2 Å². The number of hydrogen-bond donors (Lipinski definition) is 1. The molecule has 0 spiro atoms. The average molecular weight is 417 g/mol. The van der Waals surface area contributed by atoms with Crippen LogP contribution < -0.4 is 4.74 Å². The lowest BCUT2D eigenvalue weighted by molar-refractivity contribution is 0.0697. The molecule has 1 aliphatic carbocycles. The molecule has 1 aromatic carbocycles. The van der Waals surface area contributed by atoms with E-state index < -0.39 is 5.97 Å². The lowest BCUT2D eigenvalue weighted by atomic mass is 9.80. The number of carbonyl (C=O) groups is 1. The summed E-state index contributed by atoms with van der Waals surface area (Å²) < 4.78 is 5.73. The molecule has 1 aromatic heterocycles. The SMILES string of the molecule is CC1CCC2c3c(SCCCOc4ccc(C(=O)O)cc4)ncnc3SC2C1. The van der Waals surface area contributed by atoms with Crippen LogP contribution in [-0.4, -0.2) is 38.7 Å². The second-order valence-electron chi connectivity index (χ2n) is 7.46. The third-order valence-corrected chi connectivity index (χ3v) is 7.86. The van der Waals surface area contributed by atoms with Gasteiger partial charge < -0.3 is 9.84 Å². The molecule has 2 aliphatic rings. The van der Waals surface area contributed by atoms with Crippen molar-refractivity contribution in [2.75, 3.05) is 12.4 Å². The van der Waals surface area contributed by atoms with Crippen molar-refractivity contribution in [3.63, 3.8) is 0 Å². The van der Waals surface area contributed by atoms with Crippen LogP contribution in [0.4, 0.5) is 0 Å². The topological polar surface area (TPSA) is 72.3 Å². The molecule has 1 saturated carbocycles. The fourth-order valence-corrected chi connectivity index (χ4v) is 6.61. The fraction of sp³-hybridized carbons (Fsp3) is 0.476. The van der Waals surface area contributed by atoms with E-state index in [1.54, 1.807) is 42.4 Å². The van der Waals surface area contributed by atoms with E-state index in [9.17, 15) is 4.79 Å². The van der Waals surface area contributed by atoms with Gasteiger partial charge in [-0.15, -0.1) is 23.5 Å². The summed E-state index contributed by atoms with van der Waals surface area (Å²) >= 11 is 3.75. The summed E-state index contributed by atoms with van der Waals surface area (Å²) in [5.74, 6) is 2.15. The van der Waals surface area contributed by atoms with Crippen molar-refractivity contribution in [2.24, 2.45) is 5.92 Å². The van der Waals surface area contributed by atoms with E-state index in [1.165, 1.54) is 29.9 Å². The Hall–Kier alpha value is -1.73. The molecule has 2 aromatic rings. The number of ether oxygens (including phenoxy) is 1. The monoisotopic (exact) mass is 416 g/mol. The Balaban J connectivity index is 1.28. The molecule has 1 aliphatic heterocycles. The fourth-order valence-electron chi connectivity index (χ4n) is 3.93. The van der Waals surface area contributed by atoms with Gasteiger partial charge in [-0.3, -0.25) is 0 Å². The van der Waals surface area contributed by atoms with Crippen molar-refractivity contribution in [2.45, 2.75) is 53.8 Å². The normalized spacial score (nSPS) is 23.1. The van der Waals surface area contributed by atoms with Gasteiger partial charge in [-0.2, -0.15) is 0 Å². The molecule has 1 N–H and O–H groups in total. The predicted molar refractivity (Wildman–Crippen MR) is 112 cm³/mol. The van der Waals surface area contributed by atoms with Gasteiger partial charge in [-0.1, -0.05) is 13.3 Å². The predicted octanol–water partition coefficient (Wildman–Crippen LogP) is 5.11. The average Bonchev–Trinajstić information content (AvgIpc) is 3.06. The van der Waals surface area contributed by atoms with Crippen molar-refractivity contribution < 1.29 is 14.6 Å². The third kappa shape index (κ3) is 4.30. The molecule has 5 nitrogen and oxygen atoms in total. The van der Waals surface area contributed by atoms with Gasteiger partial charge in [0.15, 0.2) is 0 Å². The van der Waals surface area contributed by atoms with Gasteiger partial charge in [-0.05, 0) is 49.4 Å². The summed E-state index contributed by atoms with van der Waals surface area (Å²) in [6.45, 7) is 2.96. The van der Waals surface area contributed by atoms with Crippen LogP contribution >= 0.6 is 23.5 Å². The summed E-state index contributed by atoms with van der Waals surface area (Å²) in [5, 5.41) is 11.9. The molecular formula is C21H24N2O3S2. The van der Waals surface area contributed by atoms with Crippen LogP contribution in [0.1, 0.15) is 54.4 Å². The minimum Gasteiger partial charge on any atom is -0.494 e. The highest BCUT2D eigenvalue weighted by Crippen LogP contribution is 2.54. The number of rotatable bonds is 7. The van der Waals surface area contributed by atoms with Crippen LogP contribution in [-0.2, 0) is 0 Å². The van der Waals surface area contributed by atoms with Gasteiger partial charge in [0, 0.05) is 22.5 Å². The lowest BCUT2D eigenvalue weighted by Gasteiger charge is -2.29. The van der Waals surface area contributed by atoms with Gasteiger partial charge in [0.2, 0.25) is 0 Å². The van der Waals surface area contributed by atoms with E-state index >= 15 is 0 Å². The highest BCUT2D eigenvalue weighted by Gasteiger charge is 2.40. The van der Waals surface area contributed by atoms with Crippen molar-refractivity contribution >= 4 is 29.5 Å². The number of carboxylic acid groups (broad SMARTS) is 1. The number of thioether (sulfide) groups is 2. The van der Waals surface area contributed by atoms with Crippen molar-refractivity contribution in [3.8, 4) is 5.75 Å². The van der Waals surface area contributed by atoms with E-state index in [0.29, 0.717) is 23.5 Å². The zero-order chi connectivity index (χ0) is 19.5. The molecule has 4 rings (SSSR count). The summed E-state index contributed by atoms with van der Waals surface area (Å²) in [5.41, 5.74) is 1.66. The Morgan fingerprint density at radius 2 is 2.11 bits per heavy atom. The Morgan fingerprint density at radius 1 is 1.29 bits per heavy atom. The minimum absolute atomic E-state index is 0.272. The molecule has 1 fully saturated rings. The van der Waals surface area contributed by atoms with Gasteiger partial charge >= 0.3 is 5.97 Å². The first kappa shape index (κ1) is 19.6. The molecule has 0 saturated heterocycles. The quantitative estimate of drug-likeness (QED) is 0.382. The van der Waals surface area contributed by atoms with Crippen LogP contribution in [0.3, 0.4) is 0 Å². The number of hydrogen-bond acceptors (Lipinski definition) is 6. The zero-order valence-corrected chi connectivity index (χ0v) is 17.5. The second-order valence-corrected chi connectivity index (χ2v) is 9.77. The first-order valence-corrected chi connectivity index (χ1v) is 11.6. The summed E-state index contributed by atoms with van der Waals surface area (Å²) in [4.78, 5) is 20.0. The number of aromatic nitrogens is 2. The zero-order valence-electron chi connectivity index (χ0n) is 15.8. The molecule has 148 valence electrons. The highest BCUT2D eigenvalue weighted by atomic mass is 32.2. The van der Waals surface area contributed by atoms with Crippen molar-refractivity contribution in [3.05, 3.63) is 41.7 Å². The van der Waals surface area contributed by atoms with Crippen LogP contribution in [0, 0.1) is 5.92 Å². The second kappa shape index (κ2) is 8.74. The largest absolute Gasteiger partial charge is 0.494 e. The Labute approximate surface area is 173 Å². The van der Waals surface area contributed by atoms with Crippen LogP contribution in [0.15, 0.2) is 40.6 Å². The molecule has 2 heterocycles. The molecule has 0 bridgehead atoms. The maximum Gasteiger partial charge on any atom is 0.335 e. The van der Waals surface area contributed by atoms with E-state index in [2.05, 4.69) is 16.9 Å². The Bertz CT molecular complexity index is 844. The molecule has 3 unspecified atom stereocenters. The van der Waals surface area contributed by atoms with Crippen molar-refractivity contribution in [1.82, 2.24) is 9.97 Å². The third-order valence-electron chi connectivity index (χ3n) is 5.40. The van der Waals surface area contributed by atoms with Crippen LogP contribution in [0.2, 0.25) is 0 Å². The summed E-state index contributed by atoms with van der Waals surface area (Å²) in [6, 6.07) is 6.54. The first-order chi connectivity index (χ1) is 13.6. The number of carboxylic acids is 1. The standard InChI is InChI=1S/C21H24N2O3S2/c1-13-3-8-16-17(11-13)28-20-18(16)19(22-12-23-20)27-10-2-9-26-15-6-4-14(5-7-15)21(24)25/h4-7,12-13,16-17H,2-3,8-11H2,1H3,(H,24,25). The van der Waals surface area contributed by atoms with E-state index in [-0.39, 0.29) is 5.56 Å². The lowest BCUT2D eigenvalue weighted by Crippen LogP contribution is -2.21. The van der Waals surface area contributed by atoms with E-state index in [1.807, 2.05) is 11.8 Å². The molecular weight excluding hydrogens is 392 g/mol. The first-order valence-electron chi connectivity index (χ1n) is 9.72. The number of benzene rings is 1. The molecule has 3 atom stereocenters. The molecule has 7 heteroatoms. The Morgan fingerprint density at radius 3 is 2.89 bits per heavy atom. The highest BCUT2D eigenvalue weighted by molar-refractivity contribution is 8.00. The van der Waals surface area contributed by atoms with E-state index in [0.717, 1.165) is 23.1 Å². The molecule has 28 heavy (non-hydrogen) atoms. The number of fused-ring (bicyclic) bond motifs is 3. The summed E-state index contributed by atoms with van der Waals surface area (Å²) in [7, 11) is 0. The number of aromatic carboxylic acids is 1. The minimum atomic E-state index is -0.923. The smallest absolute Gasteiger partial charge is 0.335 e. The van der Waals surface area contributed by atoms with Gasteiger partial charge in [0.25, 0.3) is 0 Å². The van der Waals surface area contributed by atoms with Crippen molar-refractivity contribution in [1.29, 1.82) is 0 Å². The maximum atomic E-state index is 10.9. The maximum absolute atomic E-state index is 10.9. The molecule has 0 radical (unpaired) electrons. The van der Waals surface area contributed by atoms with Gasteiger partial charge in [0.1, 0.15) is 22.1 Å². The summed E-state index contributed by atoms with van der Waals surface area (Å²) in [6.07, 6.45) is 6.44. The molecule has 0 amide bonds.